The molecule has 0 spiro atoms. The SMILES string of the molecule is CCCCCCCC(=O)C1CC1. The number of carbonyl (C=O) groups excluding carboxylic acids is 1. The molecule has 0 bridgehead atoms. The van der Waals surface area contributed by atoms with Gasteiger partial charge in [-0.1, -0.05) is 32.6 Å². The van der Waals surface area contributed by atoms with Gasteiger partial charge in [-0.25, -0.2) is 0 Å². The molecule has 0 aromatic heterocycles. The van der Waals surface area contributed by atoms with Gasteiger partial charge in [0.15, 0.2) is 0 Å². The van der Waals surface area contributed by atoms with Crippen molar-refractivity contribution in [3.63, 3.8) is 0 Å². The fraction of sp³-hybridized carbons (Fsp3) is 0.909. The Morgan fingerprint density at radius 2 is 1.83 bits per heavy atom. The number of Topliss-reactive ketones (excluding diaryl/α,β-unsaturated/α-hetero) is 1. The summed E-state index contributed by atoms with van der Waals surface area (Å²) < 4.78 is 0. The maximum atomic E-state index is 11.2. The second-order valence-electron chi connectivity index (χ2n) is 3.90. The quantitative estimate of drug-likeness (QED) is 0.533. The Balaban J connectivity index is 1.84. The van der Waals surface area contributed by atoms with Gasteiger partial charge in [0.25, 0.3) is 0 Å². The van der Waals surface area contributed by atoms with Crippen molar-refractivity contribution >= 4 is 5.78 Å². The van der Waals surface area contributed by atoms with Gasteiger partial charge in [-0.3, -0.25) is 4.79 Å². The summed E-state index contributed by atoms with van der Waals surface area (Å²) in [6.07, 6.45) is 9.53. The Bertz CT molecular complexity index is 136. The highest BCUT2D eigenvalue weighted by molar-refractivity contribution is 5.82. The fourth-order valence-corrected chi connectivity index (χ4v) is 1.51. The molecule has 0 aliphatic heterocycles. The van der Waals surface area contributed by atoms with E-state index in [-0.39, 0.29) is 0 Å². The van der Waals surface area contributed by atoms with E-state index in [1.54, 1.807) is 0 Å². The van der Waals surface area contributed by atoms with E-state index in [0.29, 0.717) is 11.7 Å². The first-order valence-corrected chi connectivity index (χ1v) is 5.37. The Labute approximate surface area is 75.5 Å². The highest BCUT2D eigenvalue weighted by atomic mass is 16.1. The van der Waals surface area contributed by atoms with E-state index in [1.165, 1.54) is 38.5 Å². The van der Waals surface area contributed by atoms with Crippen LogP contribution < -0.4 is 0 Å². The number of hydrogen-bond acceptors (Lipinski definition) is 1. The van der Waals surface area contributed by atoms with Gasteiger partial charge in [0.1, 0.15) is 5.78 Å². The lowest BCUT2D eigenvalue weighted by atomic mass is 10.1. The summed E-state index contributed by atoms with van der Waals surface area (Å²) in [5.74, 6) is 1.02. The first-order chi connectivity index (χ1) is 5.84. The van der Waals surface area contributed by atoms with Crippen LogP contribution in [-0.4, -0.2) is 5.78 Å². The van der Waals surface area contributed by atoms with E-state index in [2.05, 4.69) is 6.92 Å². The number of ketones is 1. The fourth-order valence-electron chi connectivity index (χ4n) is 1.51. The second-order valence-corrected chi connectivity index (χ2v) is 3.90. The molecule has 0 atom stereocenters. The third-order valence-electron chi connectivity index (χ3n) is 2.56. The number of rotatable bonds is 7. The van der Waals surface area contributed by atoms with Crippen LogP contribution in [0.15, 0.2) is 0 Å². The second kappa shape index (κ2) is 5.34. The molecule has 70 valence electrons. The van der Waals surface area contributed by atoms with E-state index in [9.17, 15) is 4.79 Å². The molecule has 1 saturated carbocycles. The number of unbranched alkanes of at least 4 members (excludes halogenated alkanes) is 4. The summed E-state index contributed by atoms with van der Waals surface area (Å²) in [4.78, 5) is 11.2. The van der Waals surface area contributed by atoms with Crippen molar-refractivity contribution in [2.24, 2.45) is 5.92 Å². The maximum Gasteiger partial charge on any atom is 0.135 e. The largest absolute Gasteiger partial charge is 0.299 e. The van der Waals surface area contributed by atoms with E-state index in [4.69, 9.17) is 0 Å². The summed E-state index contributed by atoms with van der Waals surface area (Å²) in [7, 11) is 0. The Hall–Kier alpha value is -0.330. The van der Waals surface area contributed by atoms with Crippen molar-refractivity contribution in [2.75, 3.05) is 0 Å². The number of hydrogen-bond donors (Lipinski definition) is 0. The van der Waals surface area contributed by atoms with Crippen molar-refractivity contribution in [1.29, 1.82) is 0 Å². The predicted octanol–water partition coefficient (Wildman–Crippen LogP) is 3.33. The molecule has 1 heteroatoms. The summed E-state index contributed by atoms with van der Waals surface area (Å²) in [5, 5.41) is 0. The van der Waals surface area contributed by atoms with Crippen molar-refractivity contribution < 1.29 is 4.79 Å². The molecular weight excluding hydrogens is 148 g/mol. The Kier molecular flexibility index (Phi) is 4.34. The Morgan fingerprint density at radius 1 is 1.17 bits per heavy atom. The summed E-state index contributed by atoms with van der Waals surface area (Å²) in [5.41, 5.74) is 0. The highest BCUT2D eigenvalue weighted by Crippen LogP contribution is 2.31. The predicted molar refractivity (Wildman–Crippen MR) is 51.1 cm³/mol. The lowest BCUT2D eigenvalue weighted by molar-refractivity contribution is -0.120. The molecular formula is C11H20O. The molecule has 1 nitrogen and oxygen atoms in total. The first-order valence-electron chi connectivity index (χ1n) is 5.37. The van der Waals surface area contributed by atoms with E-state index < -0.39 is 0 Å². The molecule has 0 radical (unpaired) electrons. The minimum atomic E-state index is 0.483. The van der Waals surface area contributed by atoms with E-state index >= 15 is 0 Å². The molecule has 0 heterocycles. The van der Waals surface area contributed by atoms with Crippen LogP contribution in [0.3, 0.4) is 0 Å². The molecule has 12 heavy (non-hydrogen) atoms. The lowest BCUT2D eigenvalue weighted by Gasteiger charge is -1.98. The molecule has 1 aliphatic rings. The molecule has 1 aliphatic carbocycles. The average molecular weight is 168 g/mol. The van der Waals surface area contributed by atoms with Crippen molar-refractivity contribution in [3.8, 4) is 0 Å². The molecule has 0 aromatic rings. The van der Waals surface area contributed by atoms with E-state index in [0.717, 1.165) is 12.8 Å². The molecule has 0 aromatic carbocycles. The minimum absolute atomic E-state index is 0.483. The molecule has 0 saturated heterocycles. The van der Waals surface area contributed by atoms with Crippen LogP contribution >= 0.6 is 0 Å². The van der Waals surface area contributed by atoms with Gasteiger partial charge in [-0.2, -0.15) is 0 Å². The number of carbonyl (C=O) groups is 1. The van der Waals surface area contributed by atoms with Gasteiger partial charge >= 0.3 is 0 Å². The molecule has 1 fully saturated rings. The van der Waals surface area contributed by atoms with Crippen LogP contribution in [0.2, 0.25) is 0 Å². The van der Waals surface area contributed by atoms with Crippen LogP contribution in [0.5, 0.6) is 0 Å². The van der Waals surface area contributed by atoms with Crippen molar-refractivity contribution in [1.82, 2.24) is 0 Å². The summed E-state index contributed by atoms with van der Waals surface area (Å²) in [6, 6.07) is 0. The summed E-state index contributed by atoms with van der Waals surface area (Å²) in [6.45, 7) is 2.22. The average Bonchev–Trinajstić information content (AvgIpc) is 2.86. The minimum Gasteiger partial charge on any atom is -0.299 e. The third kappa shape index (κ3) is 3.89. The van der Waals surface area contributed by atoms with Crippen LogP contribution in [-0.2, 0) is 4.79 Å². The van der Waals surface area contributed by atoms with Crippen molar-refractivity contribution in [2.45, 2.75) is 58.3 Å². The van der Waals surface area contributed by atoms with Gasteiger partial charge in [0, 0.05) is 12.3 Å². The van der Waals surface area contributed by atoms with Gasteiger partial charge in [0.2, 0.25) is 0 Å². The Morgan fingerprint density at radius 3 is 2.42 bits per heavy atom. The van der Waals surface area contributed by atoms with Gasteiger partial charge in [-0.15, -0.1) is 0 Å². The zero-order valence-corrected chi connectivity index (χ0v) is 8.14. The summed E-state index contributed by atoms with van der Waals surface area (Å²) >= 11 is 0. The molecule has 0 N–H and O–H groups in total. The molecule has 1 rings (SSSR count). The third-order valence-corrected chi connectivity index (χ3v) is 2.56. The van der Waals surface area contributed by atoms with Gasteiger partial charge in [-0.05, 0) is 19.3 Å². The smallest absolute Gasteiger partial charge is 0.135 e. The van der Waals surface area contributed by atoms with Gasteiger partial charge < -0.3 is 0 Å². The van der Waals surface area contributed by atoms with Crippen LogP contribution in [0.25, 0.3) is 0 Å². The lowest BCUT2D eigenvalue weighted by Crippen LogP contribution is -1.99. The standard InChI is InChI=1S/C11H20O/c1-2-3-4-5-6-7-11(12)10-8-9-10/h10H,2-9H2,1H3. The van der Waals surface area contributed by atoms with Crippen LogP contribution in [0.4, 0.5) is 0 Å². The van der Waals surface area contributed by atoms with Crippen molar-refractivity contribution in [3.05, 3.63) is 0 Å². The van der Waals surface area contributed by atoms with E-state index in [1.807, 2.05) is 0 Å². The maximum absolute atomic E-state index is 11.2. The molecule has 0 unspecified atom stereocenters. The normalized spacial score (nSPS) is 16.4. The first kappa shape index (κ1) is 9.76. The zero-order valence-electron chi connectivity index (χ0n) is 8.14. The highest BCUT2D eigenvalue weighted by Gasteiger charge is 2.28. The van der Waals surface area contributed by atoms with Crippen LogP contribution in [0, 0.1) is 5.92 Å². The zero-order chi connectivity index (χ0) is 8.81. The monoisotopic (exact) mass is 168 g/mol. The molecule has 0 amide bonds. The van der Waals surface area contributed by atoms with Crippen LogP contribution in [0.1, 0.15) is 58.3 Å². The topological polar surface area (TPSA) is 17.1 Å². The van der Waals surface area contributed by atoms with Gasteiger partial charge in [0.05, 0.1) is 0 Å².